The van der Waals surface area contributed by atoms with Crippen LogP contribution in [0, 0.1) is 0 Å². The van der Waals surface area contributed by atoms with Gasteiger partial charge in [0.2, 0.25) is 0 Å². The zero-order valence-electron chi connectivity index (χ0n) is 20.3. The fourth-order valence-electron chi connectivity index (χ4n) is 4.73. The number of pyridine rings is 1. The van der Waals surface area contributed by atoms with Gasteiger partial charge in [-0.25, -0.2) is 0 Å². The van der Waals surface area contributed by atoms with Crippen molar-refractivity contribution in [2.45, 2.75) is 32.2 Å². The van der Waals surface area contributed by atoms with E-state index in [4.69, 9.17) is 9.47 Å². The van der Waals surface area contributed by atoms with Gasteiger partial charge in [-0.3, -0.25) is 24.3 Å². The van der Waals surface area contributed by atoms with E-state index >= 15 is 0 Å². The average molecular weight is 499 g/mol. The molecule has 1 unspecified atom stereocenters. The summed E-state index contributed by atoms with van der Waals surface area (Å²) in [6.07, 6.45) is 3.33. The van der Waals surface area contributed by atoms with Crippen molar-refractivity contribution in [1.29, 1.82) is 0 Å². The molecular weight excluding hydrogens is 472 g/mol. The zero-order valence-corrected chi connectivity index (χ0v) is 20.3. The first-order valence-electron chi connectivity index (χ1n) is 12.2. The highest BCUT2D eigenvalue weighted by Gasteiger charge is 2.47. The fourth-order valence-corrected chi connectivity index (χ4v) is 4.73. The van der Waals surface area contributed by atoms with E-state index in [-0.39, 0.29) is 23.7 Å². The number of carbonyl (C=O) groups is 3. The number of ketones is 1. The van der Waals surface area contributed by atoms with Crippen molar-refractivity contribution in [2.24, 2.45) is 0 Å². The van der Waals surface area contributed by atoms with Crippen LogP contribution in [0.15, 0.2) is 72.4 Å². The Labute approximate surface area is 214 Å². The molecule has 3 heterocycles. The maximum atomic E-state index is 13.3. The van der Waals surface area contributed by atoms with Gasteiger partial charge in [0, 0.05) is 17.4 Å². The van der Waals surface area contributed by atoms with Crippen molar-refractivity contribution >= 4 is 29.1 Å². The summed E-state index contributed by atoms with van der Waals surface area (Å²) >= 11 is 0. The molecule has 1 amide bonds. The highest BCUT2D eigenvalue weighted by Crippen LogP contribution is 2.42. The van der Waals surface area contributed by atoms with Gasteiger partial charge in [-0.15, -0.1) is 0 Å². The Kier molecular flexibility index (Phi) is 6.72. The van der Waals surface area contributed by atoms with Crippen LogP contribution in [0.1, 0.15) is 41.8 Å². The van der Waals surface area contributed by atoms with E-state index in [1.165, 1.54) is 4.90 Å². The molecule has 1 saturated heterocycles. The van der Waals surface area contributed by atoms with Gasteiger partial charge in [0.1, 0.15) is 17.6 Å². The lowest BCUT2D eigenvalue weighted by molar-refractivity contribution is -0.142. The number of fused-ring (bicyclic) bond motifs is 1. The first kappa shape index (κ1) is 24.2. The first-order valence-corrected chi connectivity index (χ1v) is 12.2. The van der Waals surface area contributed by atoms with Crippen LogP contribution in [-0.2, 0) is 32.0 Å². The number of rotatable bonds is 6. The number of ether oxygens (including phenoxy) is 2. The highest BCUT2D eigenvalue weighted by atomic mass is 16.5. The third-order valence-corrected chi connectivity index (χ3v) is 6.46. The number of Topliss-reactive ketones (excluding diaryl/α,β-unsaturated/α-hetero) is 1. The summed E-state index contributed by atoms with van der Waals surface area (Å²) in [7, 11) is 0. The molecule has 1 aromatic heterocycles. The van der Waals surface area contributed by atoms with E-state index in [0.717, 1.165) is 24.2 Å². The SMILES string of the molecule is CCOC(=O)Cc1ccc(N2C(=O)C(=O)/C(=C(\O)c3ccc4c(c3)CCCO4)C2c2ccccn2)cc1. The smallest absolute Gasteiger partial charge is 0.310 e. The third kappa shape index (κ3) is 4.70. The van der Waals surface area contributed by atoms with Crippen molar-refractivity contribution in [2.75, 3.05) is 18.1 Å². The molecule has 1 fully saturated rings. The minimum atomic E-state index is -0.926. The first-order chi connectivity index (χ1) is 18.0. The van der Waals surface area contributed by atoms with Crippen molar-refractivity contribution in [3.8, 4) is 5.75 Å². The second kappa shape index (κ2) is 10.3. The van der Waals surface area contributed by atoms with Crippen molar-refractivity contribution in [3.63, 3.8) is 0 Å². The number of amides is 1. The fraction of sp³-hybridized carbons (Fsp3) is 0.241. The number of hydrogen-bond donors (Lipinski definition) is 1. The molecule has 37 heavy (non-hydrogen) atoms. The monoisotopic (exact) mass is 498 g/mol. The lowest BCUT2D eigenvalue weighted by Gasteiger charge is -2.25. The molecule has 3 aromatic rings. The van der Waals surface area contributed by atoms with Gasteiger partial charge in [0.05, 0.1) is 30.9 Å². The molecule has 0 aliphatic carbocycles. The van der Waals surface area contributed by atoms with Crippen molar-refractivity contribution < 1.29 is 29.0 Å². The maximum absolute atomic E-state index is 13.3. The van der Waals surface area contributed by atoms with E-state index in [0.29, 0.717) is 35.7 Å². The molecule has 2 aromatic carbocycles. The van der Waals surface area contributed by atoms with Crippen LogP contribution in [-0.4, -0.2) is 41.0 Å². The molecule has 188 valence electrons. The quantitative estimate of drug-likeness (QED) is 0.236. The van der Waals surface area contributed by atoms with Gasteiger partial charge in [-0.05, 0) is 73.4 Å². The summed E-state index contributed by atoms with van der Waals surface area (Å²) in [5.41, 5.74) is 2.95. The van der Waals surface area contributed by atoms with E-state index < -0.39 is 17.7 Å². The molecule has 0 radical (unpaired) electrons. The molecule has 1 N–H and O–H groups in total. The zero-order chi connectivity index (χ0) is 25.9. The number of nitrogens with zero attached hydrogens (tertiary/aromatic N) is 2. The summed E-state index contributed by atoms with van der Waals surface area (Å²) in [6.45, 7) is 2.68. The second-order valence-corrected chi connectivity index (χ2v) is 8.85. The molecule has 0 spiro atoms. The maximum Gasteiger partial charge on any atom is 0.310 e. The van der Waals surface area contributed by atoms with Gasteiger partial charge in [0.25, 0.3) is 11.7 Å². The minimum Gasteiger partial charge on any atom is -0.507 e. The summed E-state index contributed by atoms with van der Waals surface area (Å²) in [6, 6.07) is 16.3. The Morgan fingerprint density at radius 2 is 1.95 bits per heavy atom. The van der Waals surface area contributed by atoms with E-state index in [9.17, 15) is 19.5 Å². The number of carbonyl (C=O) groups excluding carboxylic acids is 3. The molecular formula is C29H26N2O6. The molecule has 0 bridgehead atoms. The van der Waals surface area contributed by atoms with Gasteiger partial charge >= 0.3 is 5.97 Å². The summed E-state index contributed by atoms with van der Waals surface area (Å²) in [5.74, 6) is -1.41. The number of esters is 1. The average Bonchev–Trinajstić information content (AvgIpc) is 3.19. The number of aromatic nitrogens is 1. The predicted octanol–water partition coefficient (Wildman–Crippen LogP) is 4.14. The van der Waals surface area contributed by atoms with Crippen LogP contribution in [0.25, 0.3) is 5.76 Å². The molecule has 1 atom stereocenters. The summed E-state index contributed by atoms with van der Waals surface area (Å²) in [5, 5.41) is 11.4. The van der Waals surface area contributed by atoms with Crippen LogP contribution >= 0.6 is 0 Å². The van der Waals surface area contributed by atoms with E-state index in [1.807, 2.05) is 0 Å². The number of benzene rings is 2. The molecule has 8 nitrogen and oxygen atoms in total. The van der Waals surface area contributed by atoms with Crippen molar-refractivity contribution in [1.82, 2.24) is 4.98 Å². The third-order valence-electron chi connectivity index (χ3n) is 6.46. The number of hydrogen-bond acceptors (Lipinski definition) is 7. The summed E-state index contributed by atoms with van der Waals surface area (Å²) in [4.78, 5) is 44.3. The normalized spacial score (nSPS) is 18.3. The molecule has 8 heteroatoms. The van der Waals surface area contributed by atoms with Gasteiger partial charge in [-0.2, -0.15) is 0 Å². The van der Waals surface area contributed by atoms with E-state index in [1.54, 1.807) is 73.8 Å². The van der Waals surface area contributed by atoms with Crippen molar-refractivity contribution in [3.05, 3.63) is 94.8 Å². The van der Waals surface area contributed by atoms with Crippen LogP contribution in [0.5, 0.6) is 5.75 Å². The van der Waals surface area contributed by atoms with Crippen LogP contribution in [0.3, 0.4) is 0 Å². The molecule has 2 aliphatic rings. The topological polar surface area (TPSA) is 106 Å². The van der Waals surface area contributed by atoms with Gasteiger partial charge < -0.3 is 14.6 Å². The lowest BCUT2D eigenvalue weighted by Crippen LogP contribution is -2.29. The van der Waals surface area contributed by atoms with Crippen LogP contribution < -0.4 is 9.64 Å². The number of aliphatic hydroxyl groups is 1. The number of aliphatic hydroxyl groups excluding tert-OH is 1. The highest BCUT2D eigenvalue weighted by molar-refractivity contribution is 6.51. The number of aryl methyl sites for hydroxylation is 1. The Hall–Kier alpha value is -4.46. The summed E-state index contributed by atoms with van der Waals surface area (Å²) < 4.78 is 10.7. The Bertz CT molecular complexity index is 1380. The van der Waals surface area contributed by atoms with Crippen LogP contribution in [0.4, 0.5) is 5.69 Å². The Morgan fingerprint density at radius 3 is 2.68 bits per heavy atom. The molecule has 2 aliphatic heterocycles. The number of anilines is 1. The van der Waals surface area contributed by atoms with Gasteiger partial charge in [-0.1, -0.05) is 18.2 Å². The van der Waals surface area contributed by atoms with Crippen LogP contribution in [0.2, 0.25) is 0 Å². The Balaban J connectivity index is 1.57. The largest absolute Gasteiger partial charge is 0.507 e. The predicted molar refractivity (Wildman–Crippen MR) is 136 cm³/mol. The molecule has 0 saturated carbocycles. The second-order valence-electron chi connectivity index (χ2n) is 8.85. The minimum absolute atomic E-state index is 0.0315. The van der Waals surface area contributed by atoms with Gasteiger partial charge in [0.15, 0.2) is 0 Å². The lowest BCUT2D eigenvalue weighted by atomic mass is 9.96. The molecule has 5 rings (SSSR count). The van der Waals surface area contributed by atoms with E-state index in [2.05, 4.69) is 4.98 Å². The Morgan fingerprint density at radius 1 is 1.14 bits per heavy atom. The standard InChI is InChI=1S/C29H26N2O6/c1-2-36-24(32)16-18-8-11-21(12-9-18)31-26(22-7-3-4-14-30-22)25(28(34)29(31)35)27(33)20-10-13-23-19(17-20)6-5-15-37-23/h3-4,7-14,17,26,33H,2,5-6,15-16H2,1H3/b27-25-.